The van der Waals surface area contributed by atoms with Crippen LogP contribution in [0.1, 0.15) is 53.9 Å². The number of carbonyl (C=O) groups is 4. The lowest BCUT2D eigenvalue weighted by atomic mass is 9.37. The van der Waals surface area contributed by atoms with Gasteiger partial charge in [-0.3, -0.25) is 19.2 Å². The molecule has 6 rings (SSSR count). The van der Waals surface area contributed by atoms with E-state index in [1.165, 1.54) is 0 Å². The van der Waals surface area contributed by atoms with Crippen molar-refractivity contribution >= 4 is 23.3 Å². The van der Waals surface area contributed by atoms with Gasteiger partial charge in [-0.15, -0.1) is 0 Å². The van der Waals surface area contributed by atoms with Crippen molar-refractivity contribution in [1.29, 1.82) is 0 Å². The minimum absolute atomic E-state index is 0.0199. The summed E-state index contributed by atoms with van der Waals surface area (Å²) in [6.45, 7) is 10.3. The van der Waals surface area contributed by atoms with Crippen LogP contribution in [-0.2, 0) is 23.9 Å². The molecule has 1 N–H and O–H groups in total. The maximum Gasteiger partial charge on any atom is 0.247 e. The number of ether oxygens (including phenoxy) is 1. The first-order valence-corrected chi connectivity index (χ1v) is 11.9. The molecule has 170 valence electrons. The maximum absolute atomic E-state index is 14.0. The molecule has 4 fully saturated rings. The minimum atomic E-state index is -0.974. The number of allylic oxidation sites excluding steroid dienone is 2. The molecule has 2 aliphatic heterocycles. The third-order valence-electron chi connectivity index (χ3n) is 10.7. The predicted octanol–water partition coefficient (Wildman–Crippen LogP) is 2.56. The summed E-state index contributed by atoms with van der Waals surface area (Å²) >= 11 is 0. The fourth-order valence-electron chi connectivity index (χ4n) is 9.32. The van der Waals surface area contributed by atoms with Gasteiger partial charge in [0.2, 0.25) is 17.5 Å². The van der Waals surface area contributed by atoms with Gasteiger partial charge >= 0.3 is 0 Å². The van der Waals surface area contributed by atoms with Gasteiger partial charge < -0.3 is 10.1 Å². The largest absolute Gasteiger partial charge is 0.364 e. The molecule has 4 aliphatic carbocycles. The predicted molar refractivity (Wildman–Crippen MR) is 115 cm³/mol. The summed E-state index contributed by atoms with van der Waals surface area (Å²) in [5, 5.41) is 2.89. The summed E-state index contributed by atoms with van der Waals surface area (Å²) in [4.78, 5) is 53.0. The number of fused-ring (bicyclic) bond motifs is 3. The van der Waals surface area contributed by atoms with Crippen molar-refractivity contribution in [3.05, 3.63) is 23.8 Å². The van der Waals surface area contributed by atoms with Crippen molar-refractivity contribution in [2.75, 3.05) is 6.54 Å². The second kappa shape index (κ2) is 5.52. The Labute approximate surface area is 188 Å². The monoisotopic (exact) mass is 437 g/mol. The van der Waals surface area contributed by atoms with Gasteiger partial charge in [0.15, 0.2) is 5.78 Å². The lowest BCUT2D eigenvalue weighted by molar-refractivity contribution is -0.190. The highest BCUT2D eigenvalue weighted by Crippen LogP contribution is 2.80. The highest BCUT2D eigenvalue weighted by Gasteiger charge is 2.88. The van der Waals surface area contributed by atoms with Gasteiger partial charge in [-0.1, -0.05) is 39.8 Å². The van der Waals surface area contributed by atoms with Crippen molar-refractivity contribution in [3.8, 4) is 0 Å². The minimum Gasteiger partial charge on any atom is -0.364 e. The topological polar surface area (TPSA) is 92.8 Å². The molecule has 1 amide bonds. The number of amides is 1. The summed E-state index contributed by atoms with van der Waals surface area (Å²) in [5.41, 5.74) is -2.79. The number of epoxide rings is 1. The zero-order chi connectivity index (χ0) is 23.1. The van der Waals surface area contributed by atoms with Crippen LogP contribution < -0.4 is 5.32 Å². The molecule has 0 bridgehead atoms. The van der Waals surface area contributed by atoms with Crippen LogP contribution in [0.3, 0.4) is 0 Å². The summed E-state index contributed by atoms with van der Waals surface area (Å²) in [6.07, 6.45) is 7.69. The number of hydrogen-bond acceptors (Lipinski definition) is 5. The molecular weight excluding hydrogens is 406 g/mol. The average Bonchev–Trinajstić information content (AvgIpc) is 3.21. The molecule has 6 heteroatoms. The van der Waals surface area contributed by atoms with Gasteiger partial charge in [0.1, 0.15) is 5.60 Å². The van der Waals surface area contributed by atoms with E-state index >= 15 is 0 Å². The summed E-state index contributed by atoms with van der Waals surface area (Å²) in [5.74, 6) is -1.65. The fraction of sp³-hybridized carbons (Fsp3) is 0.692. The number of nitrogens with one attached hydrogen (secondary N) is 1. The number of ketones is 3. The molecular formula is C26H31NO5. The summed E-state index contributed by atoms with van der Waals surface area (Å²) in [7, 11) is 0. The van der Waals surface area contributed by atoms with E-state index in [4.69, 9.17) is 4.74 Å². The van der Waals surface area contributed by atoms with Crippen molar-refractivity contribution in [2.45, 2.75) is 65.6 Å². The lowest BCUT2D eigenvalue weighted by Gasteiger charge is -2.64. The first kappa shape index (κ1) is 20.5. The molecule has 6 nitrogen and oxygen atoms in total. The van der Waals surface area contributed by atoms with Crippen molar-refractivity contribution in [3.63, 3.8) is 0 Å². The SMILES string of the molecule is CC1(C)C(=O)C=C[C@@]2(C)C1C(=O)C(=O)[C@]1(C)[C@@H]2CC[C@@]2(C)[C@H](C3=CCNC3=O)C[C@H]3O[C@]321. The van der Waals surface area contributed by atoms with E-state index in [1.807, 2.05) is 19.1 Å². The van der Waals surface area contributed by atoms with E-state index in [0.29, 0.717) is 13.0 Å². The normalized spacial score (nSPS) is 52.6. The van der Waals surface area contributed by atoms with Crippen LogP contribution in [0.5, 0.6) is 0 Å². The zero-order valence-corrected chi connectivity index (χ0v) is 19.4. The second-order valence-electron chi connectivity index (χ2n) is 12.1. The Kier molecular flexibility index (Phi) is 3.54. The van der Waals surface area contributed by atoms with E-state index in [-0.39, 0.29) is 40.8 Å². The van der Waals surface area contributed by atoms with Gasteiger partial charge in [-0.2, -0.15) is 0 Å². The second-order valence-corrected chi connectivity index (χ2v) is 12.1. The summed E-state index contributed by atoms with van der Waals surface area (Å²) < 4.78 is 6.44. The molecule has 0 aromatic rings. The number of carbonyl (C=O) groups excluding carboxylic acids is 4. The third-order valence-corrected chi connectivity index (χ3v) is 10.7. The summed E-state index contributed by atoms with van der Waals surface area (Å²) in [6, 6.07) is 0. The van der Waals surface area contributed by atoms with Gasteiger partial charge in [0, 0.05) is 34.3 Å². The van der Waals surface area contributed by atoms with E-state index in [9.17, 15) is 19.2 Å². The van der Waals surface area contributed by atoms with Crippen LogP contribution in [0.15, 0.2) is 23.8 Å². The standard InChI is InChI=1S/C26H31NO5/c1-22(2)16(28)7-9-23(3)15-6-10-24(4)14(13-8-11-27-21(13)31)12-17-26(24,32-17)25(15,5)20(30)18(29)19(22)23/h7-9,14-15,17,19H,6,10-12H2,1-5H3,(H,27,31)/t14-,15+,17+,19?,23+,24-,25-,26+/m0/s1. The number of hydrogen-bond donors (Lipinski definition) is 1. The molecule has 0 aromatic carbocycles. The zero-order valence-electron chi connectivity index (χ0n) is 19.4. The molecule has 2 heterocycles. The molecule has 0 aromatic heterocycles. The van der Waals surface area contributed by atoms with Crippen LogP contribution >= 0.6 is 0 Å². The molecule has 1 saturated heterocycles. The number of Topliss-reactive ketones (excluding diaryl/α,β-unsaturated/α-hetero) is 2. The Morgan fingerprint density at radius 1 is 1.06 bits per heavy atom. The van der Waals surface area contributed by atoms with E-state index in [0.717, 1.165) is 18.4 Å². The van der Waals surface area contributed by atoms with Gasteiger partial charge in [0.05, 0.1) is 11.5 Å². The average molecular weight is 438 g/mol. The molecule has 3 saturated carbocycles. The van der Waals surface area contributed by atoms with Crippen LogP contribution in [0.25, 0.3) is 0 Å². The van der Waals surface area contributed by atoms with Crippen LogP contribution in [-0.4, -0.2) is 41.5 Å². The Hall–Kier alpha value is -2.08. The van der Waals surface area contributed by atoms with E-state index < -0.39 is 33.5 Å². The highest BCUT2D eigenvalue weighted by atomic mass is 16.6. The lowest BCUT2D eigenvalue weighted by Crippen LogP contribution is -2.71. The van der Waals surface area contributed by atoms with Gasteiger partial charge in [-0.25, -0.2) is 0 Å². The van der Waals surface area contributed by atoms with E-state index in [1.54, 1.807) is 19.9 Å². The van der Waals surface area contributed by atoms with Gasteiger partial charge in [-0.05, 0) is 44.1 Å². The first-order valence-electron chi connectivity index (χ1n) is 11.9. The fourth-order valence-corrected chi connectivity index (χ4v) is 9.32. The highest BCUT2D eigenvalue weighted by molar-refractivity contribution is 6.42. The molecule has 1 unspecified atom stereocenters. The van der Waals surface area contributed by atoms with Crippen molar-refractivity contribution in [2.24, 2.45) is 39.4 Å². The smallest absolute Gasteiger partial charge is 0.247 e. The van der Waals surface area contributed by atoms with Crippen molar-refractivity contribution < 1.29 is 23.9 Å². The first-order chi connectivity index (χ1) is 14.9. The van der Waals surface area contributed by atoms with Crippen LogP contribution in [0.2, 0.25) is 0 Å². The molecule has 1 spiro atoms. The third kappa shape index (κ3) is 1.84. The molecule has 32 heavy (non-hydrogen) atoms. The Morgan fingerprint density at radius 3 is 2.44 bits per heavy atom. The number of rotatable bonds is 1. The van der Waals surface area contributed by atoms with Crippen LogP contribution in [0.4, 0.5) is 0 Å². The molecule has 8 atom stereocenters. The quantitative estimate of drug-likeness (QED) is 0.503. The van der Waals surface area contributed by atoms with Crippen molar-refractivity contribution in [1.82, 2.24) is 5.32 Å². The molecule has 6 aliphatic rings. The Morgan fingerprint density at radius 2 is 1.78 bits per heavy atom. The molecule has 0 radical (unpaired) electrons. The maximum atomic E-state index is 14.0. The Bertz CT molecular complexity index is 1090. The Balaban J connectivity index is 1.51. The van der Waals surface area contributed by atoms with E-state index in [2.05, 4.69) is 19.2 Å². The van der Waals surface area contributed by atoms with Gasteiger partial charge in [0.25, 0.3) is 0 Å². The van der Waals surface area contributed by atoms with Crippen LogP contribution in [0, 0.1) is 39.4 Å².